The third-order valence-corrected chi connectivity index (χ3v) is 9.01. The van der Waals surface area contributed by atoms with E-state index in [0.29, 0.717) is 49.5 Å². The quantitative estimate of drug-likeness (QED) is 0.246. The van der Waals surface area contributed by atoms with Crippen molar-refractivity contribution in [3.63, 3.8) is 0 Å². The van der Waals surface area contributed by atoms with Crippen molar-refractivity contribution in [1.29, 1.82) is 0 Å². The molecule has 2 saturated heterocycles. The minimum atomic E-state index is -0.525. The van der Waals surface area contributed by atoms with Crippen LogP contribution in [0.15, 0.2) is 29.4 Å². The molecule has 0 radical (unpaired) electrons. The molecule has 13 heteroatoms. The second-order valence-corrected chi connectivity index (χ2v) is 13.6. The van der Waals surface area contributed by atoms with Gasteiger partial charge in [-0.25, -0.2) is 19.2 Å². The monoisotopic (exact) mass is 636 g/mol. The van der Waals surface area contributed by atoms with Crippen molar-refractivity contribution in [1.82, 2.24) is 34.2 Å². The Morgan fingerprint density at radius 1 is 1.09 bits per heavy atom. The van der Waals surface area contributed by atoms with Gasteiger partial charge in [0.25, 0.3) is 0 Å². The summed E-state index contributed by atoms with van der Waals surface area (Å²) in [5.41, 5.74) is 4.36. The van der Waals surface area contributed by atoms with Crippen molar-refractivity contribution >= 4 is 34.7 Å². The number of rotatable bonds is 5. The normalized spacial score (nSPS) is 18.2. The number of fused-ring (bicyclic) bond motifs is 1. The van der Waals surface area contributed by atoms with E-state index in [-0.39, 0.29) is 24.0 Å². The number of halogens is 1. The molecule has 1 amide bonds. The maximum atomic E-state index is 14.1. The van der Waals surface area contributed by atoms with Crippen molar-refractivity contribution in [2.24, 2.45) is 0 Å². The Bertz CT molecular complexity index is 1720. The highest BCUT2D eigenvalue weighted by atomic mass is 32.2. The van der Waals surface area contributed by atoms with Gasteiger partial charge in [-0.3, -0.25) is 9.25 Å². The van der Waals surface area contributed by atoms with Crippen LogP contribution in [0.3, 0.4) is 0 Å². The minimum Gasteiger partial charge on any atom is -0.444 e. The summed E-state index contributed by atoms with van der Waals surface area (Å²) in [6.07, 6.45) is 3.23. The van der Waals surface area contributed by atoms with Crippen LogP contribution in [0.1, 0.15) is 58.0 Å². The molecule has 0 saturated carbocycles. The smallest absolute Gasteiger partial charge is 0.410 e. The third-order valence-electron chi connectivity index (χ3n) is 8.37. The first-order valence-corrected chi connectivity index (χ1v) is 16.7. The van der Waals surface area contributed by atoms with E-state index < -0.39 is 5.60 Å². The van der Waals surface area contributed by atoms with E-state index >= 15 is 0 Å². The Kier molecular flexibility index (Phi) is 8.51. The number of morpholine rings is 1. The number of carbonyl (C=O) groups excluding carboxylic acids is 1. The van der Waals surface area contributed by atoms with Crippen LogP contribution in [0.4, 0.5) is 15.0 Å². The average Bonchev–Trinajstić information content (AvgIpc) is 3.51. The molecule has 1 atom stereocenters. The average molecular weight is 637 g/mol. The number of benzene rings is 1. The maximum absolute atomic E-state index is 14.1. The number of amides is 1. The summed E-state index contributed by atoms with van der Waals surface area (Å²) in [7, 11) is 0. The molecule has 240 valence electrons. The molecule has 3 aromatic heterocycles. The molecule has 2 aliphatic heterocycles. The molecule has 2 fully saturated rings. The van der Waals surface area contributed by atoms with Gasteiger partial charge in [0.2, 0.25) is 5.95 Å². The zero-order valence-corrected chi connectivity index (χ0v) is 27.8. The highest BCUT2D eigenvalue weighted by Gasteiger charge is 2.31. The molecule has 6 rings (SSSR count). The summed E-state index contributed by atoms with van der Waals surface area (Å²) in [4.78, 5) is 31.6. The highest BCUT2D eigenvalue weighted by Crippen LogP contribution is 2.35. The van der Waals surface area contributed by atoms with Gasteiger partial charge in [-0.2, -0.15) is 10.1 Å². The van der Waals surface area contributed by atoms with E-state index in [1.165, 1.54) is 23.9 Å². The molecule has 5 heterocycles. The second kappa shape index (κ2) is 12.2. The summed E-state index contributed by atoms with van der Waals surface area (Å²) in [5, 5.41) is 5.68. The Balaban J connectivity index is 1.40. The molecule has 0 unspecified atom stereocenters. The molecule has 0 bridgehead atoms. The molecule has 2 aliphatic rings. The van der Waals surface area contributed by atoms with Crippen LogP contribution in [0, 0.1) is 19.7 Å². The predicted octanol–water partition coefficient (Wildman–Crippen LogP) is 5.95. The summed E-state index contributed by atoms with van der Waals surface area (Å²) >= 11 is 1.46. The summed E-state index contributed by atoms with van der Waals surface area (Å²) in [6, 6.07) is 6.91. The topological polar surface area (TPSA) is 103 Å². The zero-order valence-electron chi connectivity index (χ0n) is 27.0. The minimum absolute atomic E-state index is 0.128. The number of piperidine rings is 1. The van der Waals surface area contributed by atoms with Crippen LogP contribution in [0.5, 0.6) is 0 Å². The van der Waals surface area contributed by atoms with Crippen molar-refractivity contribution in [3.8, 4) is 17.2 Å². The molecule has 1 aromatic carbocycles. The molecular formula is C32H41FN8O3S. The van der Waals surface area contributed by atoms with E-state index in [0.717, 1.165) is 46.8 Å². The first-order valence-electron chi connectivity index (χ1n) is 15.4. The lowest BCUT2D eigenvalue weighted by molar-refractivity contribution is 0.0184. The van der Waals surface area contributed by atoms with Crippen molar-refractivity contribution in [2.45, 2.75) is 77.2 Å². The van der Waals surface area contributed by atoms with Gasteiger partial charge in [0, 0.05) is 43.0 Å². The van der Waals surface area contributed by atoms with E-state index in [1.54, 1.807) is 11.0 Å². The number of nitrogens with zero attached hydrogens (tertiary/aromatic N) is 8. The Labute approximate surface area is 267 Å². The van der Waals surface area contributed by atoms with Gasteiger partial charge in [0.05, 0.1) is 47.7 Å². The van der Waals surface area contributed by atoms with Gasteiger partial charge in [0.1, 0.15) is 17.2 Å². The number of thioether (sulfide) groups is 1. The summed E-state index contributed by atoms with van der Waals surface area (Å²) in [6.45, 7) is 15.0. The molecule has 0 spiro atoms. The molecule has 45 heavy (non-hydrogen) atoms. The SMILES string of the molecule is CSc1nc2cc(F)ccc2n1-c1nc(-c2c(C)nn(C3CCN(C(=O)OC(C)(C)C)CC3)c2C)cc(N2CCOC[C@H]2C)n1. The standard InChI is InChI=1S/C32H41FN8O3S/c1-19-18-43-15-14-39(19)27-17-25(34-29(36-27)40-26-9-8-22(33)16-24(26)35-30(40)45-7)28-20(2)37-41(21(28)3)23-10-12-38(13-11-23)31(42)44-32(4,5)6/h8-9,16-17,19,23H,10-15,18H2,1-7H3/t19-/m1/s1. The maximum Gasteiger partial charge on any atom is 0.410 e. The van der Waals surface area contributed by atoms with Crippen LogP contribution in [0.25, 0.3) is 28.2 Å². The zero-order chi connectivity index (χ0) is 32.0. The number of likely N-dealkylation sites (tertiary alicyclic amines) is 1. The van der Waals surface area contributed by atoms with Gasteiger partial charge in [-0.1, -0.05) is 11.8 Å². The number of aromatic nitrogens is 6. The lowest BCUT2D eigenvalue weighted by atomic mass is 10.0. The Hall–Kier alpha value is -3.71. The predicted molar refractivity (Wildman–Crippen MR) is 173 cm³/mol. The van der Waals surface area contributed by atoms with E-state index in [1.807, 2.05) is 44.6 Å². The van der Waals surface area contributed by atoms with Gasteiger partial charge < -0.3 is 19.3 Å². The van der Waals surface area contributed by atoms with E-state index in [4.69, 9.17) is 24.5 Å². The highest BCUT2D eigenvalue weighted by molar-refractivity contribution is 7.98. The van der Waals surface area contributed by atoms with Crippen molar-refractivity contribution < 1.29 is 18.7 Å². The van der Waals surface area contributed by atoms with E-state index in [9.17, 15) is 9.18 Å². The van der Waals surface area contributed by atoms with Gasteiger partial charge in [-0.05, 0) is 72.8 Å². The van der Waals surface area contributed by atoms with Crippen LogP contribution in [-0.4, -0.2) is 91.0 Å². The number of anilines is 1. The van der Waals surface area contributed by atoms with Crippen molar-refractivity contribution in [2.75, 3.05) is 44.0 Å². The molecule has 0 N–H and O–H groups in total. The largest absolute Gasteiger partial charge is 0.444 e. The molecule has 11 nitrogen and oxygen atoms in total. The summed E-state index contributed by atoms with van der Waals surface area (Å²) < 4.78 is 29.5. The first-order chi connectivity index (χ1) is 21.4. The van der Waals surface area contributed by atoms with Crippen LogP contribution >= 0.6 is 11.8 Å². The fourth-order valence-corrected chi connectivity index (χ4v) is 6.79. The van der Waals surface area contributed by atoms with Crippen LogP contribution < -0.4 is 4.90 Å². The number of hydrogen-bond donors (Lipinski definition) is 0. The lowest BCUT2D eigenvalue weighted by Gasteiger charge is -2.34. The third kappa shape index (κ3) is 6.24. The molecule has 4 aromatic rings. The van der Waals surface area contributed by atoms with Gasteiger partial charge in [-0.15, -0.1) is 0 Å². The second-order valence-electron chi connectivity index (χ2n) is 12.8. The van der Waals surface area contributed by atoms with Crippen LogP contribution in [-0.2, 0) is 9.47 Å². The van der Waals surface area contributed by atoms with Crippen LogP contribution in [0.2, 0.25) is 0 Å². The fraction of sp³-hybridized carbons (Fsp3) is 0.531. The summed E-state index contributed by atoms with van der Waals surface area (Å²) in [5.74, 6) is 0.920. The Morgan fingerprint density at radius 2 is 1.84 bits per heavy atom. The van der Waals surface area contributed by atoms with Gasteiger partial charge in [0.15, 0.2) is 5.16 Å². The lowest BCUT2D eigenvalue weighted by Crippen LogP contribution is -2.44. The number of hydrogen-bond acceptors (Lipinski definition) is 9. The van der Waals surface area contributed by atoms with Gasteiger partial charge >= 0.3 is 6.09 Å². The molecule has 0 aliphatic carbocycles. The Morgan fingerprint density at radius 3 is 2.53 bits per heavy atom. The first kappa shape index (κ1) is 31.3. The number of imidazole rings is 1. The van der Waals surface area contributed by atoms with E-state index in [2.05, 4.69) is 28.4 Å². The number of ether oxygens (including phenoxy) is 2. The van der Waals surface area contributed by atoms with Crippen molar-refractivity contribution in [3.05, 3.63) is 41.5 Å². The fourth-order valence-electron chi connectivity index (χ4n) is 6.23. The number of aryl methyl sites for hydroxylation is 1. The number of carbonyl (C=O) groups is 1. The molecular weight excluding hydrogens is 595 g/mol.